The van der Waals surface area contributed by atoms with Gasteiger partial charge in [-0.05, 0) is 31.4 Å². The topological polar surface area (TPSA) is 132 Å². The number of pyridine rings is 1. The molecule has 11 heteroatoms. The van der Waals surface area contributed by atoms with Crippen molar-refractivity contribution >= 4 is 44.9 Å². The van der Waals surface area contributed by atoms with Gasteiger partial charge in [0.15, 0.2) is 5.13 Å². The predicted molar refractivity (Wildman–Crippen MR) is 124 cm³/mol. The first kappa shape index (κ1) is 22.3. The van der Waals surface area contributed by atoms with Crippen molar-refractivity contribution in [1.82, 2.24) is 20.1 Å². The summed E-state index contributed by atoms with van der Waals surface area (Å²) in [6, 6.07) is 7.72. The number of esters is 1. The SMILES string of the molecule is CCOC(=O)c1sc(NC(=O)CCNc2nccc3ccc(-c4noc(C)n4)cc23)nc1C. The van der Waals surface area contributed by atoms with Crippen LogP contribution in [0.2, 0.25) is 0 Å². The number of amides is 1. The molecule has 4 rings (SSSR count). The van der Waals surface area contributed by atoms with E-state index in [2.05, 4.69) is 30.7 Å². The number of carbonyl (C=O) groups is 2. The average molecular weight is 467 g/mol. The highest BCUT2D eigenvalue weighted by atomic mass is 32.1. The molecule has 0 spiro atoms. The first-order valence-electron chi connectivity index (χ1n) is 10.3. The smallest absolute Gasteiger partial charge is 0.350 e. The molecule has 0 fully saturated rings. The zero-order valence-corrected chi connectivity index (χ0v) is 19.2. The van der Waals surface area contributed by atoms with E-state index >= 15 is 0 Å². The minimum Gasteiger partial charge on any atom is -0.462 e. The van der Waals surface area contributed by atoms with Gasteiger partial charge in [0.1, 0.15) is 10.7 Å². The second-order valence-electron chi connectivity index (χ2n) is 7.11. The third-order valence-electron chi connectivity index (χ3n) is 4.70. The van der Waals surface area contributed by atoms with Crippen LogP contribution in [0.4, 0.5) is 10.9 Å². The van der Waals surface area contributed by atoms with Crippen LogP contribution in [-0.4, -0.2) is 45.1 Å². The van der Waals surface area contributed by atoms with Crippen molar-refractivity contribution in [1.29, 1.82) is 0 Å². The van der Waals surface area contributed by atoms with Gasteiger partial charge in [-0.3, -0.25) is 4.79 Å². The number of carbonyl (C=O) groups excluding carboxylic acids is 2. The molecule has 0 saturated heterocycles. The second kappa shape index (κ2) is 9.74. The molecular formula is C22H22N6O4S. The lowest BCUT2D eigenvalue weighted by Gasteiger charge is -2.09. The van der Waals surface area contributed by atoms with Crippen molar-refractivity contribution in [3.63, 3.8) is 0 Å². The highest BCUT2D eigenvalue weighted by molar-refractivity contribution is 7.17. The van der Waals surface area contributed by atoms with Crippen molar-refractivity contribution in [3.05, 3.63) is 46.9 Å². The van der Waals surface area contributed by atoms with E-state index in [1.54, 1.807) is 27.0 Å². The highest BCUT2D eigenvalue weighted by Gasteiger charge is 2.17. The fourth-order valence-corrected chi connectivity index (χ4v) is 4.05. The summed E-state index contributed by atoms with van der Waals surface area (Å²) in [5, 5.41) is 12.1. The summed E-state index contributed by atoms with van der Waals surface area (Å²) in [5.41, 5.74) is 1.34. The van der Waals surface area contributed by atoms with E-state index in [1.807, 2.05) is 24.3 Å². The molecule has 33 heavy (non-hydrogen) atoms. The zero-order chi connectivity index (χ0) is 23.4. The van der Waals surface area contributed by atoms with Crippen LogP contribution in [0.15, 0.2) is 35.0 Å². The Hall–Kier alpha value is -3.86. The van der Waals surface area contributed by atoms with Crippen molar-refractivity contribution < 1.29 is 18.8 Å². The van der Waals surface area contributed by atoms with E-state index < -0.39 is 5.97 Å². The molecule has 4 aromatic rings. The van der Waals surface area contributed by atoms with Gasteiger partial charge >= 0.3 is 5.97 Å². The molecular weight excluding hydrogens is 444 g/mol. The number of ether oxygens (including phenoxy) is 1. The maximum atomic E-state index is 12.4. The fourth-order valence-electron chi connectivity index (χ4n) is 3.18. The summed E-state index contributed by atoms with van der Waals surface area (Å²) >= 11 is 1.10. The van der Waals surface area contributed by atoms with Crippen LogP contribution >= 0.6 is 11.3 Å². The number of fused-ring (bicyclic) bond motifs is 1. The number of aromatic nitrogens is 4. The molecule has 10 nitrogen and oxygen atoms in total. The minimum absolute atomic E-state index is 0.190. The van der Waals surface area contributed by atoms with Crippen LogP contribution in [-0.2, 0) is 9.53 Å². The third-order valence-corrected chi connectivity index (χ3v) is 5.75. The Bertz CT molecular complexity index is 1320. The first-order valence-corrected chi connectivity index (χ1v) is 11.1. The normalized spacial score (nSPS) is 10.9. The Labute approximate surface area is 193 Å². The molecule has 0 aliphatic carbocycles. The molecule has 0 bridgehead atoms. The molecule has 1 amide bonds. The Kier molecular flexibility index (Phi) is 6.59. The molecule has 0 aliphatic heterocycles. The maximum absolute atomic E-state index is 12.4. The Morgan fingerprint density at radius 2 is 2.03 bits per heavy atom. The van der Waals surface area contributed by atoms with Crippen LogP contribution in [0.5, 0.6) is 0 Å². The van der Waals surface area contributed by atoms with Gasteiger partial charge in [-0.2, -0.15) is 4.98 Å². The van der Waals surface area contributed by atoms with E-state index in [0.717, 1.165) is 27.7 Å². The summed E-state index contributed by atoms with van der Waals surface area (Å²) in [4.78, 5) is 37.6. The molecule has 0 aliphatic rings. The van der Waals surface area contributed by atoms with Crippen LogP contribution in [0.25, 0.3) is 22.2 Å². The van der Waals surface area contributed by atoms with Gasteiger partial charge in [0.25, 0.3) is 0 Å². The number of nitrogens with zero attached hydrogens (tertiary/aromatic N) is 4. The molecule has 0 saturated carbocycles. The van der Waals surface area contributed by atoms with E-state index in [4.69, 9.17) is 9.26 Å². The largest absolute Gasteiger partial charge is 0.462 e. The molecule has 3 heterocycles. The predicted octanol–water partition coefficient (Wildman–Crippen LogP) is 3.98. The Morgan fingerprint density at radius 1 is 1.18 bits per heavy atom. The van der Waals surface area contributed by atoms with Gasteiger partial charge in [0.05, 0.1) is 12.3 Å². The van der Waals surface area contributed by atoms with Gasteiger partial charge in [-0.15, -0.1) is 0 Å². The van der Waals surface area contributed by atoms with E-state index in [9.17, 15) is 9.59 Å². The summed E-state index contributed by atoms with van der Waals surface area (Å²) < 4.78 is 10.1. The Morgan fingerprint density at radius 3 is 2.79 bits per heavy atom. The lowest BCUT2D eigenvalue weighted by molar-refractivity contribution is -0.115. The number of benzene rings is 1. The van der Waals surface area contributed by atoms with Gasteiger partial charge in [-0.25, -0.2) is 14.8 Å². The number of hydrogen-bond acceptors (Lipinski definition) is 10. The van der Waals surface area contributed by atoms with Crippen LogP contribution < -0.4 is 10.6 Å². The molecule has 2 N–H and O–H groups in total. The molecule has 1 aromatic carbocycles. The fraction of sp³-hybridized carbons (Fsp3) is 0.273. The number of aryl methyl sites for hydroxylation is 2. The number of anilines is 2. The van der Waals surface area contributed by atoms with E-state index in [1.165, 1.54) is 0 Å². The number of thiazole rings is 1. The third kappa shape index (κ3) is 5.14. The van der Waals surface area contributed by atoms with E-state index in [0.29, 0.717) is 39.8 Å². The van der Waals surface area contributed by atoms with Crippen molar-refractivity contribution in [2.45, 2.75) is 27.2 Å². The van der Waals surface area contributed by atoms with Crippen LogP contribution in [0, 0.1) is 13.8 Å². The van der Waals surface area contributed by atoms with Gasteiger partial charge in [0, 0.05) is 37.0 Å². The second-order valence-corrected chi connectivity index (χ2v) is 8.11. The number of hydrogen-bond donors (Lipinski definition) is 2. The molecule has 0 atom stereocenters. The lowest BCUT2D eigenvalue weighted by Crippen LogP contribution is -2.16. The summed E-state index contributed by atoms with van der Waals surface area (Å²) in [5.74, 6) is 0.980. The standard InChI is InChI=1S/C22H22N6O4S/c1-4-31-21(30)18-12(2)25-22(33-18)27-17(29)8-10-24-20-16-11-15(19-26-13(3)32-28-19)6-5-14(16)7-9-23-20/h5-7,9,11H,4,8,10H2,1-3H3,(H,23,24)(H,25,27,29). The number of rotatable bonds is 8. The highest BCUT2D eigenvalue weighted by Crippen LogP contribution is 2.27. The summed E-state index contributed by atoms with van der Waals surface area (Å²) in [6.45, 7) is 5.82. The average Bonchev–Trinajstić information content (AvgIpc) is 3.39. The molecule has 3 aromatic heterocycles. The van der Waals surface area contributed by atoms with Gasteiger partial charge in [-0.1, -0.05) is 28.6 Å². The van der Waals surface area contributed by atoms with Crippen molar-refractivity contribution in [3.8, 4) is 11.4 Å². The van der Waals surface area contributed by atoms with E-state index in [-0.39, 0.29) is 18.9 Å². The van der Waals surface area contributed by atoms with Crippen LogP contribution in [0.1, 0.15) is 34.6 Å². The minimum atomic E-state index is -0.438. The van der Waals surface area contributed by atoms with Crippen LogP contribution in [0.3, 0.4) is 0 Å². The molecule has 0 unspecified atom stereocenters. The van der Waals surface area contributed by atoms with Gasteiger partial charge < -0.3 is 19.9 Å². The zero-order valence-electron chi connectivity index (χ0n) is 18.3. The quantitative estimate of drug-likeness (QED) is 0.370. The van der Waals surface area contributed by atoms with Crippen molar-refractivity contribution in [2.75, 3.05) is 23.8 Å². The number of nitrogens with one attached hydrogen (secondary N) is 2. The molecule has 0 radical (unpaired) electrons. The maximum Gasteiger partial charge on any atom is 0.350 e. The lowest BCUT2D eigenvalue weighted by atomic mass is 10.1. The monoisotopic (exact) mass is 466 g/mol. The Balaban J connectivity index is 1.40. The van der Waals surface area contributed by atoms with Gasteiger partial charge in [0.2, 0.25) is 17.6 Å². The summed E-state index contributed by atoms with van der Waals surface area (Å²) in [7, 11) is 0. The first-order chi connectivity index (χ1) is 15.9. The summed E-state index contributed by atoms with van der Waals surface area (Å²) in [6.07, 6.45) is 1.90. The van der Waals surface area contributed by atoms with Crippen molar-refractivity contribution in [2.24, 2.45) is 0 Å². The molecule has 170 valence electrons.